The van der Waals surface area contributed by atoms with Crippen LogP contribution in [0.3, 0.4) is 0 Å². The van der Waals surface area contributed by atoms with Crippen molar-refractivity contribution in [3.8, 4) is 0 Å². The van der Waals surface area contributed by atoms with Gasteiger partial charge in [-0.2, -0.15) is 13.2 Å². The van der Waals surface area contributed by atoms with Crippen LogP contribution < -0.4 is 5.32 Å². The fourth-order valence-corrected chi connectivity index (χ4v) is 2.45. The molecule has 18 heavy (non-hydrogen) atoms. The molecule has 1 aromatic rings. The summed E-state index contributed by atoms with van der Waals surface area (Å²) in [5.41, 5.74) is -0.609. The Labute approximate surface area is 103 Å². The highest BCUT2D eigenvalue weighted by Gasteiger charge is 2.34. The zero-order chi connectivity index (χ0) is 13.3. The predicted octanol–water partition coefficient (Wildman–Crippen LogP) is 3.91. The lowest BCUT2D eigenvalue weighted by atomic mass is 9.87. The molecular weight excluding hydrogens is 246 g/mol. The Morgan fingerprint density at radius 3 is 2.56 bits per heavy atom. The van der Waals surface area contributed by atoms with E-state index in [0.29, 0.717) is 11.5 Å². The highest BCUT2D eigenvalue weighted by atomic mass is 19.4. The van der Waals surface area contributed by atoms with E-state index in [1.54, 1.807) is 0 Å². The quantitative estimate of drug-likeness (QED) is 0.756. The number of piperidine rings is 1. The van der Waals surface area contributed by atoms with Gasteiger partial charge in [0.2, 0.25) is 0 Å². The van der Waals surface area contributed by atoms with Crippen LogP contribution in [0.1, 0.15) is 36.9 Å². The molecule has 1 fully saturated rings. The van der Waals surface area contributed by atoms with E-state index in [2.05, 4.69) is 5.32 Å². The van der Waals surface area contributed by atoms with Crippen LogP contribution >= 0.6 is 0 Å². The van der Waals surface area contributed by atoms with Gasteiger partial charge in [-0.3, -0.25) is 0 Å². The molecule has 1 aromatic carbocycles. The first-order chi connectivity index (χ1) is 8.39. The first kappa shape index (κ1) is 13.3. The van der Waals surface area contributed by atoms with Crippen molar-refractivity contribution in [2.24, 2.45) is 5.92 Å². The summed E-state index contributed by atoms with van der Waals surface area (Å²) in [5, 5.41) is 3.22. The molecule has 2 atom stereocenters. The topological polar surface area (TPSA) is 12.0 Å². The van der Waals surface area contributed by atoms with Crippen molar-refractivity contribution in [1.82, 2.24) is 5.32 Å². The lowest BCUT2D eigenvalue weighted by Crippen LogP contribution is -2.33. The van der Waals surface area contributed by atoms with Gasteiger partial charge in [0.25, 0.3) is 0 Å². The van der Waals surface area contributed by atoms with Crippen molar-refractivity contribution in [2.45, 2.75) is 32.0 Å². The molecule has 2 rings (SSSR count). The summed E-state index contributed by atoms with van der Waals surface area (Å²) in [5.74, 6) is -0.894. The molecule has 0 saturated carbocycles. The van der Waals surface area contributed by atoms with Crippen molar-refractivity contribution in [3.63, 3.8) is 0 Å². The Hall–Kier alpha value is -1.10. The van der Waals surface area contributed by atoms with Crippen LogP contribution in [0.15, 0.2) is 18.2 Å². The fourth-order valence-electron chi connectivity index (χ4n) is 2.45. The van der Waals surface area contributed by atoms with Crippen LogP contribution in [0.4, 0.5) is 17.6 Å². The molecule has 1 saturated heterocycles. The first-order valence-corrected chi connectivity index (χ1v) is 5.99. The Kier molecular flexibility index (Phi) is 3.61. The Morgan fingerprint density at radius 1 is 1.28 bits per heavy atom. The Morgan fingerprint density at radius 2 is 2.00 bits per heavy atom. The maximum atomic E-state index is 13.5. The van der Waals surface area contributed by atoms with Gasteiger partial charge in [0.15, 0.2) is 0 Å². The van der Waals surface area contributed by atoms with E-state index in [4.69, 9.17) is 0 Å². The number of hydrogen-bond donors (Lipinski definition) is 1. The van der Waals surface area contributed by atoms with E-state index in [1.165, 1.54) is 6.07 Å². The minimum atomic E-state index is -4.63. The lowest BCUT2D eigenvalue weighted by molar-refractivity contribution is -0.140. The SMILES string of the molecule is CC1CCCNC1c1ccc(C(F)(F)F)c(F)c1. The van der Waals surface area contributed by atoms with Crippen LogP contribution in [-0.2, 0) is 6.18 Å². The van der Waals surface area contributed by atoms with Gasteiger partial charge in [0.1, 0.15) is 5.82 Å². The monoisotopic (exact) mass is 261 g/mol. The molecule has 0 aliphatic carbocycles. The molecule has 1 nitrogen and oxygen atoms in total. The molecule has 2 unspecified atom stereocenters. The largest absolute Gasteiger partial charge is 0.419 e. The van der Waals surface area contributed by atoms with Gasteiger partial charge >= 0.3 is 6.18 Å². The Balaban J connectivity index is 2.28. The number of benzene rings is 1. The lowest BCUT2D eigenvalue weighted by Gasteiger charge is -2.30. The number of nitrogens with one attached hydrogen (secondary N) is 1. The number of hydrogen-bond acceptors (Lipinski definition) is 1. The third-order valence-corrected chi connectivity index (χ3v) is 3.43. The third-order valence-electron chi connectivity index (χ3n) is 3.43. The summed E-state index contributed by atoms with van der Waals surface area (Å²) in [6, 6.07) is 3.14. The smallest absolute Gasteiger partial charge is 0.310 e. The molecule has 5 heteroatoms. The molecular formula is C13H15F4N. The van der Waals surface area contributed by atoms with Crippen LogP contribution in [0, 0.1) is 11.7 Å². The van der Waals surface area contributed by atoms with E-state index in [-0.39, 0.29) is 6.04 Å². The van der Waals surface area contributed by atoms with Crippen molar-refractivity contribution in [3.05, 3.63) is 35.1 Å². The molecule has 1 N–H and O–H groups in total. The zero-order valence-corrected chi connectivity index (χ0v) is 10.0. The third kappa shape index (κ3) is 2.66. The van der Waals surface area contributed by atoms with E-state index < -0.39 is 17.6 Å². The van der Waals surface area contributed by atoms with Crippen LogP contribution in [0.25, 0.3) is 0 Å². The maximum Gasteiger partial charge on any atom is 0.419 e. The van der Waals surface area contributed by atoms with Gasteiger partial charge in [0.05, 0.1) is 5.56 Å². The second-order valence-electron chi connectivity index (χ2n) is 4.79. The first-order valence-electron chi connectivity index (χ1n) is 5.99. The van der Waals surface area contributed by atoms with Crippen LogP contribution in [0.2, 0.25) is 0 Å². The fraction of sp³-hybridized carbons (Fsp3) is 0.538. The summed E-state index contributed by atoms with van der Waals surface area (Å²) < 4.78 is 50.8. The average Bonchev–Trinajstić information content (AvgIpc) is 2.27. The van der Waals surface area contributed by atoms with Crippen molar-refractivity contribution < 1.29 is 17.6 Å². The zero-order valence-electron chi connectivity index (χ0n) is 10.0. The number of halogens is 4. The minimum absolute atomic E-state index is 0.0597. The highest BCUT2D eigenvalue weighted by molar-refractivity contribution is 5.29. The predicted molar refractivity (Wildman–Crippen MR) is 60.5 cm³/mol. The summed E-state index contributed by atoms with van der Waals surface area (Å²) in [6.07, 6.45) is -2.59. The van der Waals surface area contributed by atoms with Gasteiger partial charge in [-0.1, -0.05) is 13.0 Å². The molecule has 0 bridgehead atoms. The van der Waals surface area contributed by atoms with Crippen LogP contribution in [-0.4, -0.2) is 6.54 Å². The van der Waals surface area contributed by atoms with Crippen molar-refractivity contribution in [1.29, 1.82) is 0 Å². The number of alkyl halides is 3. The van der Waals surface area contributed by atoms with E-state index >= 15 is 0 Å². The van der Waals surface area contributed by atoms with Gasteiger partial charge in [-0.05, 0) is 43.0 Å². The van der Waals surface area contributed by atoms with E-state index in [0.717, 1.165) is 31.5 Å². The molecule has 1 aliphatic rings. The van der Waals surface area contributed by atoms with Crippen molar-refractivity contribution >= 4 is 0 Å². The molecule has 1 aliphatic heterocycles. The van der Waals surface area contributed by atoms with Gasteiger partial charge in [-0.15, -0.1) is 0 Å². The molecule has 0 radical (unpaired) electrons. The van der Waals surface area contributed by atoms with E-state index in [1.807, 2.05) is 6.92 Å². The highest BCUT2D eigenvalue weighted by Crippen LogP contribution is 2.34. The normalized spacial score (nSPS) is 25.2. The second kappa shape index (κ2) is 4.88. The summed E-state index contributed by atoms with van der Waals surface area (Å²) in [7, 11) is 0. The minimum Gasteiger partial charge on any atom is -0.310 e. The van der Waals surface area contributed by atoms with Gasteiger partial charge in [0, 0.05) is 6.04 Å². The molecule has 0 spiro atoms. The molecule has 1 heterocycles. The van der Waals surface area contributed by atoms with Gasteiger partial charge in [-0.25, -0.2) is 4.39 Å². The maximum absolute atomic E-state index is 13.5. The standard InChI is InChI=1S/C13H15F4N/c1-8-3-2-6-18-12(8)9-4-5-10(11(14)7-9)13(15,16)17/h4-5,7-8,12,18H,2-3,6H2,1H3. The number of rotatable bonds is 1. The van der Waals surface area contributed by atoms with Crippen molar-refractivity contribution in [2.75, 3.05) is 6.54 Å². The summed E-state index contributed by atoms with van der Waals surface area (Å²) >= 11 is 0. The molecule has 0 aromatic heterocycles. The molecule has 100 valence electrons. The summed E-state index contributed by atoms with van der Waals surface area (Å²) in [6.45, 7) is 2.84. The van der Waals surface area contributed by atoms with Crippen LogP contribution in [0.5, 0.6) is 0 Å². The summed E-state index contributed by atoms with van der Waals surface area (Å²) in [4.78, 5) is 0. The second-order valence-corrected chi connectivity index (χ2v) is 4.79. The van der Waals surface area contributed by atoms with Gasteiger partial charge < -0.3 is 5.32 Å². The Bertz CT molecular complexity index is 427. The molecule has 0 amide bonds. The average molecular weight is 261 g/mol. The van der Waals surface area contributed by atoms with E-state index in [9.17, 15) is 17.6 Å².